The minimum absolute atomic E-state index is 0.131. The third-order valence-electron chi connectivity index (χ3n) is 4.41. The number of esters is 1. The highest BCUT2D eigenvalue weighted by molar-refractivity contribution is 7.12. The van der Waals surface area contributed by atoms with E-state index in [1.54, 1.807) is 30.3 Å². The second kappa shape index (κ2) is 9.01. The molecule has 31 heavy (non-hydrogen) atoms. The van der Waals surface area contributed by atoms with Crippen molar-refractivity contribution in [3.05, 3.63) is 81.4 Å². The lowest BCUT2D eigenvalue weighted by Crippen LogP contribution is -2.03. The van der Waals surface area contributed by atoms with E-state index >= 15 is 0 Å². The molecule has 0 atom stereocenters. The summed E-state index contributed by atoms with van der Waals surface area (Å²) < 4.78 is 35.4. The maximum Gasteiger partial charge on any atom is 0.363 e. The normalized spacial score (nSPS) is 14.4. The standard InChI is InChI=1S/C23H18FNO5S/c1-27-18-11-15(10-17-23(26)30-22(25-17)20-7-4-8-31-20)12-19(28-2)21(18)29-13-14-5-3-6-16(24)9-14/h3-12H,13H2,1-2H3/b17-10+. The van der Waals surface area contributed by atoms with Crippen molar-refractivity contribution in [2.45, 2.75) is 6.61 Å². The van der Waals surface area contributed by atoms with Crippen LogP contribution in [0.25, 0.3) is 6.08 Å². The summed E-state index contributed by atoms with van der Waals surface area (Å²) in [6.07, 6.45) is 1.59. The zero-order valence-corrected chi connectivity index (χ0v) is 17.6. The molecular weight excluding hydrogens is 421 g/mol. The van der Waals surface area contributed by atoms with E-state index < -0.39 is 5.97 Å². The Labute approximate surface area is 182 Å². The molecule has 0 spiro atoms. The summed E-state index contributed by atoms with van der Waals surface area (Å²) in [4.78, 5) is 17.3. The lowest BCUT2D eigenvalue weighted by atomic mass is 10.1. The summed E-state index contributed by atoms with van der Waals surface area (Å²) in [5, 5.41) is 1.88. The molecule has 3 aromatic rings. The van der Waals surface area contributed by atoms with Crippen molar-refractivity contribution < 1.29 is 28.1 Å². The number of hydrogen-bond acceptors (Lipinski definition) is 7. The van der Waals surface area contributed by atoms with Gasteiger partial charge in [-0.05, 0) is 52.9 Å². The van der Waals surface area contributed by atoms with Crippen molar-refractivity contribution in [1.82, 2.24) is 0 Å². The van der Waals surface area contributed by atoms with Gasteiger partial charge in [0.2, 0.25) is 11.6 Å². The minimum atomic E-state index is -0.534. The van der Waals surface area contributed by atoms with Crippen LogP contribution in [0.1, 0.15) is 16.0 Å². The third kappa shape index (κ3) is 4.59. The Balaban J connectivity index is 1.62. The fourth-order valence-electron chi connectivity index (χ4n) is 2.98. The first kappa shape index (κ1) is 20.6. The van der Waals surface area contributed by atoms with Gasteiger partial charge in [-0.25, -0.2) is 14.2 Å². The topological polar surface area (TPSA) is 66.4 Å². The monoisotopic (exact) mass is 439 g/mol. The molecular formula is C23H18FNO5S. The quantitative estimate of drug-likeness (QED) is 0.390. The van der Waals surface area contributed by atoms with Gasteiger partial charge in [-0.1, -0.05) is 18.2 Å². The molecule has 0 unspecified atom stereocenters. The third-order valence-corrected chi connectivity index (χ3v) is 5.27. The molecule has 0 aliphatic carbocycles. The number of methoxy groups -OCH3 is 2. The summed E-state index contributed by atoms with van der Waals surface area (Å²) in [6, 6.07) is 13.2. The van der Waals surface area contributed by atoms with Gasteiger partial charge in [0.1, 0.15) is 12.4 Å². The lowest BCUT2D eigenvalue weighted by molar-refractivity contribution is -0.129. The van der Waals surface area contributed by atoms with E-state index in [1.807, 2.05) is 17.5 Å². The zero-order chi connectivity index (χ0) is 21.8. The predicted molar refractivity (Wildman–Crippen MR) is 115 cm³/mol. The molecule has 0 radical (unpaired) electrons. The first-order valence-corrected chi connectivity index (χ1v) is 10.1. The first-order valence-electron chi connectivity index (χ1n) is 9.27. The van der Waals surface area contributed by atoms with Gasteiger partial charge in [0.25, 0.3) is 0 Å². The number of rotatable bonds is 7. The van der Waals surface area contributed by atoms with Crippen LogP contribution in [-0.4, -0.2) is 26.1 Å². The number of halogens is 1. The molecule has 0 saturated heterocycles. The van der Waals surface area contributed by atoms with E-state index in [0.717, 1.165) is 4.88 Å². The molecule has 2 aromatic carbocycles. The predicted octanol–water partition coefficient (Wildman–Crippen LogP) is 4.83. The number of carbonyl (C=O) groups is 1. The number of thiophene rings is 1. The van der Waals surface area contributed by atoms with Crippen LogP contribution in [0.4, 0.5) is 4.39 Å². The highest BCUT2D eigenvalue weighted by atomic mass is 32.1. The number of carbonyl (C=O) groups excluding carboxylic acids is 1. The van der Waals surface area contributed by atoms with Gasteiger partial charge in [-0.3, -0.25) is 0 Å². The van der Waals surface area contributed by atoms with E-state index in [2.05, 4.69) is 4.99 Å². The molecule has 4 rings (SSSR count). The van der Waals surface area contributed by atoms with Gasteiger partial charge in [0.05, 0.1) is 19.1 Å². The Morgan fingerprint density at radius 1 is 1.10 bits per heavy atom. The fourth-order valence-corrected chi connectivity index (χ4v) is 3.63. The van der Waals surface area contributed by atoms with Crippen LogP contribution in [0.3, 0.4) is 0 Å². The summed E-state index contributed by atoms with van der Waals surface area (Å²) in [7, 11) is 3.00. The minimum Gasteiger partial charge on any atom is -0.493 e. The molecule has 0 bridgehead atoms. The van der Waals surface area contributed by atoms with Gasteiger partial charge in [-0.15, -0.1) is 11.3 Å². The van der Waals surface area contributed by atoms with E-state index in [-0.39, 0.29) is 24.0 Å². The Kier molecular flexibility index (Phi) is 5.99. The number of hydrogen-bond donors (Lipinski definition) is 0. The van der Waals surface area contributed by atoms with Crippen LogP contribution in [0, 0.1) is 5.82 Å². The maximum absolute atomic E-state index is 13.4. The summed E-state index contributed by atoms with van der Waals surface area (Å²) in [6.45, 7) is 0.131. The molecule has 1 aromatic heterocycles. The van der Waals surface area contributed by atoms with E-state index in [9.17, 15) is 9.18 Å². The van der Waals surface area contributed by atoms with Crippen molar-refractivity contribution in [2.24, 2.45) is 4.99 Å². The van der Waals surface area contributed by atoms with Crippen molar-refractivity contribution >= 4 is 29.3 Å². The van der Waals surface area contributed by atoms with Crippen molar-refractivity contribution in [3.63, 3.8) is 0 Å². The molecule has 0 fully saturated rings. The Bertz CT molecular complexity index is 1150. The van der Waals surface area contributed by atoms with Crippen molar-refractivity contribution in [2.75, 3.05) is 14.2 Å². The average Bonchev–Trinajstić information content (AvgIpc) is 3.42. The highest BCUT2D eigenvalue weighted by Gasteiger charge is 2.25. The molecule has 2 heterocycles. The Morgan fingerprint density at radius 3 is 2.52 bits per heavy atom. The van der Waals surface area contributed by atoms with Gasteiger partial charge in [0, 0.05) is 0 Å². The van der Waals surface area contributed by atoms with Crippen LogP contribution >= 0.6 is 11.3 Å². The Hall–Kier alpha value is -3.65. The average molecular weight is 439 g/mol. The molecule has 8 heteroatoms. The largest absolute Gasteiger partial charge is 0.493 e. The lowest BCUT2D eigenvalue weighted by Gasteiger charge is -2.15. The van der Waals surface area contributed by atoms with Crippen LogP contribution in [0.5, 0.6) is 17.2 Å². The molecule has 0 N–H and O–H groups in total. The second-order valence-corrected chi connectivity index (χ2v) is 7.43. The Morgan fingerprint density at radius 2 is 1.87 bits per heavy atom. The first-order chi connectivity index (χ1) is 15.1. The van der Waals surface area contributed by atoms with Crippen LogP contribution < -0.4 is 14.2 Å². The smallest absolute Gasteiger partial charge is 0.363 e. The van der Waals surface area contributed by atoms with E-state index in [0.29, 0.717) is 28.4 Å². The van der Waals surface area contributed by atoms with Crippen LogP contribution in [-0.2, 0) is 16.1 Å². The van der Waals surface area contributed by atoms with Gasteiger partial charge in [-0.2, -0.15) is 0 Å². The molecule has 0 saturated carbocycles. The number of cyclic esters (lactones) is 1. The SMILES string of the molecule is COc1cc(/C=C2/N=C(c3cccs3)OC2=O)cc(OC)c1OCc1cccc(F)c1. The number of ether oxygens (including phenoxy) is 4. The summed E-state index contributed by atoms with van der Waals surface area (Å²) >= 11 is 1.43. The highest BCUT2D eigenvalue weighted by Crippen LogP contribution is 2.40. The van der Waals surface area contributed by atoms with Crippen molar-refractivity contribution in [3.8, 4) is 17.2 Å². The number of aliphatic imine (C=N–C) groups is 1. The molecule has 158 valence electrons. The maximum atomic E-state index is 13.4. The van der Waals surface area contributed by atoms with E-state index in [1.165, 1.54) is 37.7 Å². The molecule has 1 aliphatic rings. The zero-order valence-electron chi connectivity index (χ0n) is 16.8. The van der Waals surface area contributed by atoms with Gasteiger partial charge in [0.15, 0.2) is 17.2 Å². The van der Waals surface area contributed by atoms with E-state index in [4.69, 9.17) is 18.9 Å². The summed E-state index contributed by atoms with van der Waals surface area (Å²) in [5.74, 6) is 0.571. The second-order valence-electron chi connectivity index (χ2n) is 6.49. The van der Waals surface area contributed by atoms with Crippen molar-refractivity contribution in [1.29, 1.82) is 0 Å². The number of benzene rings is 2. The fraction of sp³-hybridized carbons (Fsp3) is 0.130. The molecule has 0 amide bonds. The van der Waals surface area contributed by atoms with Gasteiger partial charge >= 0.3 is 5.97 Å². The van der Waals surface area contributed by atoms with Crippen LogP contribution in [0.2, 0.25) is 0 Å². The van der Waals surface area contributed by atoms with Gasteiger partial charge < -0.3 is 18.9 Å². The number of nitrogens with zero attached hydrogens (tertiary/aromatic N) is 1. The summed E-state index contributed by atoms with van der Waals surface area (Å²) in [5.41, 5.74) is 1.45. The molecule has 6 nitrogen and oxygen atoms in total. The van der Waals surface area contributed by atoms with Crippen LogP contribution in [0.15, 0.2) is 64.6 Å². The molecule has 1 aliphatic heterocycles.